The van der Waals surface area contributed by atoms with Gasteiger partial charge in [0.25, 0.3) is 0 Å². The summed E-state index contributed by atoms with van der Waals surface area (Å²) in [5, 5.41) is 0. The van der Waals surface area contributed by atoms with Gasteiger partial charge in [-0.15, -0.1) is 0 Å². The lowest BCUT2D eigenvalue weighted by Crippen LogP contribution is -2.37. The van der Waals surface area contributed by atoms with Gasteiger partial charge in [0.2, 0.25) is 5.91 Å². The molecule has 3 rings (SSSR count). The Morgan fingerprint density at radius 3 is 2.68 bits per heavy atom. The molecule has 0 saturated heterocycles. The smallest absolute Gasteiger partial charge is 0.227 e. The highest BCUT2D eigenvalue weighted by atomic mass is 16.5. The SMILES string of the molecule is CN(CCc1c2c(cc3c1OCC3)OCC2)C(=O)C(C)(C)C. The summed E-state index contributed by atoms with van der Waals surface area (Å²) in [6.07, 6.45) is 2.72. The second-order valence-electron chi connectivity index (χ2n) is 7.24. The molecule has 2 aliphatic rings. The van der Waals surface area contributed by atoms with E-state index in [1.165, 1.54) is 16.7 Å². The van der Waals surface area contributed by atoms with Crippen molar-refractivity contribution in [3.05, 3.63) is 22.8 Å². The van der Waals surface area contributed by atoms with Crippen LogP contribution < -0.4 is 9.47 Å². The normalized spacial score (nSPS) is 15.8. The first-order valence-electron chi connectivity index (χ1n) is 8.06. The van der Waals surface area contributed by atoms with Crippen molar-refractivity contribution < 1.29 is 14.3 Å². The van der Waals surface area contributed by atoms with Gasteiger partial charge in [0.05, 0.1) is 13.2 Å². The van der Waals surface area contributed by atoms with E-state index in [1.807, 2.05) is 32.7 Å². The molecule has 0 spiro atoms. The molecule has 0 atom stereocenters. The first-order chi connectivity index (χ1) is 10.4. The highest BCUT2D eigenvalue weighted by Gasteiger charge is 2.28. The van der Waals surface area contributed by atoms with E-state index in [4.69, 9.17) is 9.47 Å². The Kier molecular flexibility index (Phi) is 3.79. The maximum atomic E-state index is 12.3. The molecule has 1 aromatic carbocycles. The molecule has 0 aliphatic carbocycles. The van der Waals surface area contributed by atoms with Gasteiger partial charge in [0.15, 0.2) is 0 Å². The van der Waals surface area contributed by atoms with Gasteiger partial charge in [0.1, 0.15) is 11.5 Å². The minimum atomic E-state index is -0.338. The average Bonchev–Trinajstić information content (AvgIpc) is 3.09. The monoisotopic (exact) mass is 303 g/mol. The van der Waals surface area contributed by atoms with Crippen molar-refractivity contribution in [3.63, 3.8) is 0 Å². The standard InChI is InChI=1S/C18H25NO3/c1-18(2,3)17(20)19(4)8-5-14-13-7-10-21-15(13)11-12-6-9-22-16(12)14/h11H,5-10H2,1-4H3. The lowest BCUT2D eigenvalue weighted by molar-refractivity contribution is -0.138. The fourth-order valence-electron chi connectivity index (χ4n) is 3.30. The van der Waals surface area contributed by atoms with Crippen molar-refractivity contribution in [1.82, 2.24) is 4.90 Å². The van der Waals surface area contributed by atoms with Crippen LogP contribution in [0.5, 0.6) is 11.5 Å². The summed E-state index contributed by atoms with van der Waals surface area (Å²) in [5.41, 5.74) is 3.43. The number of carbonyl (C=O) groups excluding carboxylic acids is 1. The van der Waals surface area contributed by atoms with Crippen molar-refractivity contribution >= 4 is 5.91 Å². The van der Waals surface area contributed by atoms with Gasteiger partial charge in [-0.25, -0.2) is 0 Å². The van der Waals surface area contributed by atoms with Crippen molar-refractivity contribution in [2.75, 3.05) is 26.8 Å². The third-order valence-electron chi connectivity index (χ3n) is 4.45. The number of carbonyl (C=O) groups is 1. The summed E-state index contributed by atoms with van der Waals surface area (Å²) in [4.78, 5) is 14.2. The summed E-state index contributed by atoms with van der Waals surface area (Å²) in [6, 6.07) is 2.14. The fraction of sp³-hybridized carbons (Fsp3) is 0.611. The second-order valence-corrected chi connectivity index (χ2v) is 7.24. The molecular weight excluding hydrogens is 278 g/mol. The molecular formula is C18H25NO3. The Bertz CT molecular complexity index is 569. The van der Waals surface area contributed by atoms with E-state index in [-0.39, 0.29) is 11.3 Å². The third-order valence-corrected chi connectivity index (χ3v) is 4.45. The summed E-state index contributed by atoms with van der Waals surface area (Å²) < 4.78 is 11.6. The molecule has 0 fully saturated rings. The van der Waals surface area contributed by atoms with E-state index in [9.17, 15) is 4.79 Å². The largest absolute Gasteiger partial charge is 0.493 e. The van der Waals surface area contributed by atoms with Crippen LogP contribution in [0.4, 0.5) is 0 Å². The van der Waals surface area contributed by atoms with E-state index in [1.54, 1.807) is 0 Å². The van der Waals surface area contributed by atoms with Crippen molar-refractivity contribution in [2.24, 2.45) is 5.41 Å². The molecule has 0 aromatic heterocycles. The molecule has 4 nitrogen and oxygen atoms in total. The number of fused-ring (bicyclic) bond motifs is 2. The molecule has 1 aromatic rings. The predicted octanol–water partition coefficient (Wildman–Crippen LogP) is 2.60. The van der Waals surface area contributed by atoms with Crippen LogP contribution in [-0.4, -0.2) is 37.6 Å². The van der Waals surface area contributed by atoms with E-state index < -0.39 is 0 Å². The van der Waals surface area contributed by atoms with Crippen LogP contribution in [0, 0.1) is 5.41 Å². The minimum absolute atomic E-state index is 0.175. The molecule has 0 bridgehead atoms. The molecule has 0 radical (unpaired) electrons. The highest BCUT2D eigenvalue weighted by Crippen LogP contribution is 2.40. The van der Waals surface area contributed by atoms with Crippen LogP contribution in [0.15, 0.2) is 6.07 Å². The number of hydrogen-bond donors (Lipinski definition) is 0. The van der Waals surface area contributed by atoms with E-state index >= 15 is 0 Å². The van der Waals surface area contributed by atoms with Gasteiger partial charge in [-0.3, -0.25) is 4.79 Å². The number of rotatable bonds is 3. The van der Waals surface area contributed by atoms with Crippen LogP contribution in [0.25, 0.3) is 0 Å². The predicted molar refractivity (Wildman–Crippen MR) is 85.6 cm³/mol. The van der Waals surface area contributed by atoms with Gasteiger partial charge in [-0.05, 0) is 12.5 Å². The zero-order chi connectivity index (χ0) is 15.9. The first kappa shape index (κ1) is 15.2. The zero-order valence-electron chi connectivity index (χ0n) is 14.0. The number of ether oxygens (including phenoxy) is 2. The summed E-state index contributed by atoms with van der Waals surface area (Å²) in [5.74, 6) is 2.23. The van der Waals surface area contributed by atoms with Crippen molar-refractivity contribution in [2.45, 2.75) is 40.0 Å². The van der Waals surface area contributed by atoms with Crippen molar-refractivity contribution in [1.29, 1.82) is 0 Å². The lowest BCUT2D eigenvalue weighted by Gasteiger charge is -2.26. The van der Waals surface area contributed by atoms with Crippen molar-refractivity contribution in [3.8, 4) is 11.5 Å². The minimum Gasteiger partial charge on any atom is -0.493 e. The Labute approximate surface area is 132 Å². The number of benzene rings is 1. The first-order valence-corrected chi connectivity index (χ1v) is 8.06. The number of nitrogens with zero attached hydrogens (tertiary/aromatic N) is 1. The summed E-state index contributed by atoms with van der Waals surface area (Å²) in [7, 11) is 1.88. The molecule has 4 heteroatoms. The molecule has 2 heterocycles. The molecule has 0 unspecified atom stereocenters. The summed E-state index contributed by atoms with van der Waals surface area (Å²) in [6.45, 7) is 8.09. The maximum absolute atomic E-state index is 12.3. The van der Waals surface area contributed by atoms with E-state index in [0.29, 0.717) is 6.54 Å². The van der Waals surface area contributed by atoms with Crippen LogP contribution in [0.3, 0.4) is 0 Å². The highest BCUT2D eigenvalue weighted by molar-refractivity contribution is 5.81. The third kappa shape index (κ3) is 2.67. The summed E-state index contributed by atoms with van der Waals surface area (Å²) >= 11 is 0. The number of amides is 1. The lowest BCUT2D eigenvalue weighted by atomic mass is 9.94. The van der Waals surface area contributed by atoms with Gasteiger partial charge in [-0.1, -0.05) is 20.8 Å². The molecule has 120 valence electrons. The molecule has 1 amide bonds. The topological polar surface area (TPSA) is 38.8 Å². The molecule has 2 aliphatic heterocycles. The average molecular weight is 303 g/mol. The fourth-order valence-corrected chi connectivity index (χ4v) is 3.30. The Morgan fingerprint density at radius 1 is 1.23 bits per heavy atom. The van der Waals surface area contributed by atoms with Gasteiger partial charge < -0.3 is 14.4 Å². The van der Waals surface area contributed by atoms with E-state index in [0.717, 1.165) is 44.0 Å². The number of hydrogen-bond acceptors (Lipinski definition) is 3. The molecule has 0 N–H and O–H groups in total. The van der Waals surface area contributed by atoms with Gasteiger partial charge in [-0.2, -0.15) is 0 Å². The molecule has 22 heavy (non-hydrogen) atoms. The Morgan fingerprint density at radius 2 is 1.95 bits per heavy atom. The maximum Gasteiger partial charge on any atom is 0.227 e. The van der Waals surface area contributed by atoms with Gasteiger partial charge >= 0.3 is 0 Å². The van der Waals surface area contributed by atoms with E-state index in [2.05, 4.69) is 6.07 Å². The van der Waals surface area contributed by atoms with Crippen LogP contribution >= 0.6 is 0 Å². The second kappa shape index (κ2) is 5.49. The van der Waals surface area contributed by atoms with Gasteiger partial charge in [0, 0.05) is 48.5 Å². The van der Waals surface area contributed by atoms with Crippen LogP contribution in [0.2, 0.25) is 0 Å². The van der Waals surface area contributed by atoms with Crippen LogP contribution in [-0.2, 0) is 24.1 Å². The quantitative estimate of drug-likeness (QED) is 0.861. The Balaban J connectivity index is 1.80. The molecule has 0 saturated carbocycles. The van der Waals surface area contributed by atoms with Crippen LogP contribution in [0.1, 0.15) is 37.5 Å². The zero-order valence-corrected chi connectivity index (χ0v) is 14.0. The Hall–Kier alpha value is -1.71. The number of likely N-dealkylation sites (N-methyl/N-ethyl adjacent to an activating group) is 1.